The Hall–Kier alpha value is -2.97. The third-order valence-corrected chi connectivity index (χ3v) is 5.83. The molecule has 1 fully saturated rings. The SMILES string of the molecule is CC(C)NC(=O)[C@@H]1Cc2cc(C(F)(F)F)ccc2N2CCN(C(=O)c3ccco3)C[C@H]12. The van der Waals surface area contributed by atoms with Crippen molar-refractivity contribution in [3.8, 4) is 0 Å². The van der Waals surface area contributed by atoms with Gasteiger partial charge in [0.15, 0.2) is 5.76 Å². The molecule has 166 valence electrons. The fourth-order valence-corrected chi connectivity index (χ4v) is 4.43. The lowest BCUT2D eigenvalue weighted by Crippen LogP contribution is -2.62. The van der Waals surface area contributed by atoms with Crippen molar-refractivity contribution in [1.29, 1.82) is 0 Å². The molecule has 6 nitrogen and oxygen atoms in total. The average molecular weight is 435 g/mol. The zero-order chi connectivity index (χ0) is 22.3. The molecule has 1 saturated heterocycles. The van der Waals surface area contributed by atoms with E-state index in [1.54, 1.807) is 17.0 Å². The van der Waals surface area contributed by atoms with Gasteiger partial charge in [-0.15, -0.1) is 0 Å². The molecular formula is C22H24F3N3O3. The third-order valence-electron chi connectivity index (χ3n) is 5.83. The molecule has 2 atom stereocenters. The summed E-state index contributed by atoms with van der Waals surface area (Å²) in [7, 11) is 0. The first-order valence-electron chi connectivity index (χ1n) is 10.2. The molecule has 9 heteroatoms. The Morgan fingerprint density at radius 2 is 1.97 bits per heavy atom. The van der Waals surface area contributed by atoms with Gasteiger partial charge in [-0.1, -0.05) is 0 Å². The van der Waals surface area contributed by atoms with Gasteiger partial charge in [0.25, 0.3) is 5.91 Å². The molecule has 0 spiro atoms. The van der Waals surface area contributed by atoms with Crippen LogP contribution in [0.5, 0.6) is 0 Å². The summed E-state index contributed by atoms with van der Waals surface area (Å²) in [6.07, 6.45) is -2.84. The van der Waals surface area contributed by atoms with Gasteiger partial charge < -0.3 is 19.5 Å². The summed E-state index contributed by atoms with van der Waals surface area (Å²) < 4.78 is 45.0. The van der Waals surface area contributed by atoms with Crippen LogP contribution in [0.25, 0.3) is 0 Å². The highest BCUT2D eigenvalue weighted by Crippen LogP contribution is 2.40. The maximum Gasteiger partial charge on any atom is 0.416 e. The number of halogens is 3. The Morgan fingerprint density at radius 3 is 2.61 bits per heavy atom. The number of nitrogens with zero attached hydrogens (tertiary/aromatic N) is 2. The molecule has 2 aliphatic rings. The zero-order valence-corrected chi connectivity index (χ0v) is 17.3. The summed E-state index contributed by atoms with van der Waals surface area (Å²) >= 11 is 0. The number of alkyl halides is 3. The van der Waals surface area contributed by atoms with Crippen molar-refractivity contribution in [3.05, 3.63) is 53.5 Å². The Bertz CT molecular complexity index is 972. The molecule has 1 aromatic heterocycles. The number of carbonyl (C=O) groups excluding carboxylic acids is 2. The van der Waals surface area contributed by atoms with E-state index in [1.807, 2.05) is 18.7 Å². The van der Waals surface area contributed by atoms with E-state index in [2.05, 4.69) is 5.32 Å². The van der Waals surface area contributed by atoms with E-state index < -0.39 is 17.7 Å². The summed E-state index contributed by atoms with van der Waals surface area (Å²) in [5.41, 5.74) is 0.469. The number of anilines is 1. The monoisotopic (exact) mass is 435 g/mol. The molecule has 2 amide bonds. The second kappa shape index (κ2) is 7.94. The molecule has 0 unspecified atom stereocenters. The molecule has 31 heavy (non-hydrogen) atoms. The lowest BCUT2D eigenvalue weighted by atomic mass is 9.82. The van der Waals surface area contributed by atoms with Gasteiger partial charge >= 0.3 is 6.18 Å². The standard InChI is InChI=1S/C22H24F3N3O3/c1-13(2)26-20(29)16-11-14-10-15(22(23,24)25)5-6-17(14)28-8-7-27(12-18(16)28)21(30)19-4-3-9-31-19/h3-6,9-10,13,16,18H,7-8,11-12H2,1-2H3,(H,26,29)/t16-,18-/m1/s1. The van der Waals surface area contributed by atoms with Gasteiger partial charge in [0.1, 0.15) is 0 Å². The molecule has 1 aromatic carbocycles. The molecular weight excluding hydrogens is 411 g/mol. The van der Waals surface area contributed by atoms with Crippen LogP contribution < -0.4 is 10.2 Å². The Labute approximate surface area is 178 Å². The predicted molar refractivity (Wildman–Crippen MR) is 108 cm³/mol. The minimum atomic E-state index is -4.45. The maximum absolute atomic E-state index is 13.2. The van der Waals surface area contributed by atoms with Crippen molar-refractivity contribution in [2.45, 2.75) is 38.5 Å². The number of rotatable bonds is 3. The fraction of sp³-hybridized carbons (Fsp3) is 0.455. The van der Waals surface area contributed by atoms with Crippen molar-refractivity contribution in [2.75, 3.05) is 24.5 Å². The number of fused-ring (bicyclic) bond motifs is 3. The summed E-state index contributed by atoms with van der Waals surface area (Å²) in [4.78, 5) is 29.4. The van der Waals surface area contributed by atoms with Crippen molar-refractivity contribution in [1.82, 2.24) is 10.2 Å². The van der Waals surface area contributed by atoms with Gasteiger partial charge in [-0.25, -0.2) is 0 Å². The van der Waals surface area contributed by atoms with E-state index in [0.717, 1.165) is 12.1 Å². The first-order chi connectivity index (χ1) is 14.6. The Kier molecular flexibility index (Phi) is 5.45. The van der Waals surface area contributed by atoms with E-state index in [4.69, 9.17) is 4.42 Å². The summed E-state index contributed by atoms with van der Waals surface area (Å²) in [6, 6.07) is 6.48. The van der Waals surface area contributed by atoms with Crippen LogP contribution in [0, 0.1) is 5.92 Å². The lowest BCUT2D eigenvalue weighted by Gasteiger charge is -2.49. The normalized spacial score (nSPS) is 21.0. The number of carbonyl (C=O) groups is 2. The number of nitrogens with one attached hydrogen (secondary N) is 1. The van der Waals surface area contributed by atoms with Gasteiger partial charge in [0, 0.05) is 31.4 Å². The van der Waals surface area contributed by atoms with Crippen molar-refractivity contribution >= 4 is 17.5 Å². The fourth-order valence-electron chi connectivity index (χ4n) is 4.43. The van der Waals surface area contributed by atoms with E-state index in [0.29, 0.717) is 24.3 Å². The molecule has 2 aromatic rings. The van der Waals surface area contributed by atoms with Gasteiger partial charge in [-0.3, -0.25) is 9.59 Å². The summed E-state index contributed by atoms with van der Waals surface area (Å²) in [5, 5.41) is 2.88. The van der Waals surface area contributed by atoms with Crippen LogP contribution in [0.3, 0.4) is 0 Å². The van der Waals surface area contributed by atoms with Gasteiger partial charge in [-0.05, 0) is 56.2 Å². The van der Waals surface area contributed by atoms with Crippen molar-refractivity contribution in [3.63, 3.8) is 0 Å². The number of hydrogen-bond donors (Lipinski definition) is 1. The molecule has 3 heterocycles. The Morgan fingerprint density at radius 1 is 1.19 bits per heavy atom. The minimum Gasteiger partial charge on any atom is -0.459 e. The lowest BCUT2D eigenvalue weighted by molar-refractivity contribution is -0.137. The van der Waals surface area contributed by atoms with Gasteiger partial charge in [0.2, 0.25) is 5.91 Å². The van der Waals surface area contributed by atoms with E-state index >= 15 is 0 Å². The summed E-state index contributed by atoms with van der Waals surface area (Å²) in [6.45, 7) is 4.76. The second-order valence-corrected chi connectivity index (χ2v) is 8.30. The molecule has 0 aliphatic carbocycles. The smallest absolute Gasteiger partial charge is 0.416 e. The maximum atomic E-state index is 13.2. The largest absolute Gasteiger partial charge is 0.459 e. The van der Waals surface area contributed by atoms with Crippen LogP contribution in [0.1, 0.15) is 35.5 Å². The second-order valence-electron chi connectivity index (χ2n) is 8.30. The first-order valence-corrected chi connectivity index (χ1v) is 10.2. The third kappa shape index (κ3) is 4.13. The van der Waals surface area contributed by atoms with Crippen LogP contribution in [0.15, 0.2) is 41.0 Å². The van der Waals surface area contributed by atoms with Crippen LogP contribution in [0.4, 0.5) is 18.9 Å². The quantitative estimate of drug-likeness (QED) is 0.803. The van der Waals surface area contributed by atoms with Crippen LogP contribution >= 0.6 is 0 Å². The topological polar surface area (TPSA) is 65.8 Å². The molecule has 0 radical (unpaired) electrons. The van der Waals surface area contributed by atoms with E-state index in [9.17, 15) is 22.8 Å². The number of hydrogen-bond acceptors (Lipinski definition) is 4. The predicted octanol–water partition coefficient (Wildman–Crippen LogP) is 3.33. The average Bonchev–Trinajstić information content (AvgIpc) is 3.25. The van der Waals surface area contributed by atoms with Crippen molar-refractivity contribution < 1.29 is 27.2 Å². The van der Waals surface area contributed by atoms with E-state index in [1.165, 1.54) is 12.3 Å². The molecule has 4 rings (SSSR count). The highest BCUT2D eigenvalue weighted by molar-refractivity contribution is 5.92. The van der Waals surface area contributed by atoms with Gasteiger partial charge in [0.05, 0.1) is 23.8 Å². The van der Waals surface area contributed by atoms with Gasteiger partial charge in [-0.2, -0.15) is 13.2 Å². The minimum absolute atomic E-state index is 0.103. The molecule has 1 N–H and O–H groups in total. The highest BCUT2D eigenvalue weighted by Gasteiger charge is 2.43. The zero-order valence-electron chi connectivity index (χ0n) is 17.3. The van der Waals surface area contributed by atoms with Crippen LogP contribution in [-0.2, 0) is 17.4 Å². The molecule has 0 saturated carbocycles. The highest BCUT2D eigenvalue weighted by atomic mass is 19.4. The Balaban J connectivity index is 1.67. The number of furan rings is 1. The molecule has 2 aliphatic heterocycles. The van der Waals surface area contributed by atoms with E-state index in [-0.39, 0.29) is 42.6 Å². The molecule has 0 bridgehead atoms. The summed E-state index contributed by atoms with van der Waals surface area (Å²) in [5.74, 6) is -0.834. The van der Waals surface area contributed by atoms with Crippen LogP contribution in [-0.4, -0.2) is 48.4 Å². The number of piperazine rings is 1. The first kappa shape index (κ1) is 21.3. The van der Waals surface area contributed by atoms with Crippen molar-refractivity contribution in [2.24, 2.45) is 5.92 Å². The number of benzene rings is 1. The number of amides is 2. The van der Waals surface area contributed by atoms with Crippen LogP contribution in [0.2, 0.25) is 0 Å².